The summed E-state index contributed by atoms with van der Waals surface area (Å²) in [6.07, 6.45) is 3.04. The van der Waals surface area contributed by atoms with E-state index in [0.717, 1.165) is 42.9 Å². The van der Waals surface area contributed by atoms with E-state index >= 15 is 0 Å². The van der Waals surface area contributed by atoms with Crippen molar-refractivity contribution in [3.63, 3.8) is 0 Å². The molecule has 2 N–H and O–H groups in total. The van der Waals surface area contributed by atoms with Gasteiger partial charge in [-0.3, -0.25) is 4.79 Å². The second-order valence-corrected chi connectivity index (χ2v) is 5.77. The van der Waals surface area contributed by atoms with Crippen molar-refractivity contribution in [1.82, 2.24) is 10.6 Å². The lowest BCUT2D eigenvalue weighted by atomic mass is 10.0. The third kappa shape index (κ3) is 2.97. The lowest BCUT2D eigenvalue weighted by Crippen LogP contribution is -2.47. The number of fused-ring (bicyclic) bond motifs is 1. The molecule has 2 aliphatic rings. The molecule has 21 heavy (non-hydrogen) atoms. The number of amides is 1. The van der Waals surface area contributed by atoms with Crippen molar-refractivity contribution in [3.05, 3.63) is 23.3 Å². The largest absolute Gasteiger partial charge is 0.496 e. The molecule has 0 saturated carbocycles. The Morgan fingerprint density at radius 1 is 1.48 bits per heavy atom. The summed E-state index contributed by atoms with van der Waals surface area (Å²) in [4.78, 5) is 11.8. The molecule has 1 aromatic rings. The number of piperidine rings is 1. The molecular weight excluding hydrogens is 268 g/mol. The van der Waals surface area contributed by atoms with Crippen LogP contribution in [0.3, 0.4) is 0 Å². The molecule has 2 heterocycles. The van der Waals surface area contributed by atoms with Gasteiger partial charge in [0, 0.05) is 30.6 Å². The number of hydrogen-bond donors (Lipinski definition) is 2. The number of methoxy groups -OCH3 is 1. The molecule has 0 radical (unpaired) electrons. The molecule has 1 amide bonds. The number of ether oxygens (including phenoxy) is 2. The van der Waals surface area contributed by atoms with E-state index in [0.29, 0.717) is 6.54 Å². The second-order valence-electron chi connectivity index (χ2n) is 5.77. The Labute approximate surface area is 125 Å². The van der Waals surface area contributed by atoms with Gasteiger partial charge in [0.15, 0.2) is 0 Å². The highest BCUT2D eigenvalue weighted by Gasteiger charge is 2.24. The van der Waals surface area contributed by atoms with E-state index in [4.69, 9.17) is 9.47 Å². The van der Waals surface area contributed by atoms with Crippen molar-refractivity contribution in [2.45, 2.75) is 44.9 Å². The first-order valence-corrected chi connectivity index (χ1v) is 7.55. The molecule has 2 aliphatic heterocycles. The third-order valence-electron chi connectivity index (χ3n) is 4.12. The van der Waals surface area contributed by atoms with Gasteiger partial charge in [0.2, 0.25) is 5.91 Å². The first-order valence-electron chi connectivity index (χ1n) is 7.55. The molecule has 1 saturated heterocycles. The van der Waals surface area contributed by atoms with Crippen molar-refractivity contribution in [3.8, 4) is 11.5 Å². The quantitative estimate of drug-likeness (QED) is 0.880. The summed E-state index contributed by atoms with van der Waals surface area (Å²) < 4.78 is 11.3. The zero-order chi connectivity index (χ0) is 14.8. The van der Waals surface area contributed by atoms with Crippen LogP contribution in [0.25, 0.3) is 0 Å². The first-order chi connectivity index (χ1) is 10.2. The van der Waals surface area contributed by atoms with E-state index in [1.165, 1.54) is 5.56 Å². The summed E-state index contributed by atoms with van der Waals surface area (Å²) in [7, 11) is 1.68. The minimum atomic E-state index is -0.114. The van der Waals surface area contributed by atoms with Crippen molar-refractivity contribution >= 4 is 5.91 Å². The Balaban J connectivity index is 1.73. The maximum absolute atomic E-state index is 11.8. The highest BCUT2D eigenvalue weighted by atomic mass is 16.5. The van der Waals surface area contributed by atoms with Gasteiger partial charge < -0.3 is 20.1 Å². The molecule has 114 valence electrons. The molecular formula is C16H22N2O3. The minimum Gasteiger partial charge on any atom is -0.496 e. The van der Waals surface area contributed by atoms with Crippen LogP contribution in [0, 0.1) is 0 Å². The van der Waals surface area contributed by atoms with Gasteiger partial charge in [-0.1, -0.05) is 0 Å². The van der Waals surface area contributed by atoms with E-state index < -0.39 is 0 Å². The second kappa shape index (κ2) is 5.93. The van der Waals surface area contributed by atoms with Crippen molar-refractivity contribution in [2.24, 2.45) is 0 Å². The number of rotatable bonds is 4. The number of hydrogen-bond acceptors (Lipinski definition) is 4. The normalized spacial score (nSPS) is 24.2. The standard InChI is InChI=1S/C16H22N2O3/c1-10-6-11-7-14(20-2)12(8-15(11)21-10)9-18-13-4-3-5-17-16(13)19/h7-8,10,13,18H,3-6,9H2,1-2H3,(H,17,19). The van der Waals surface area contributed by atoms with Gasteiger partial charge in [0.1, 0.15) is 17.6 Å². The fourth-order valence-electron chi connectivity index (χ4n) is 3.01. The van der Waals surface area contributed by atoms with Crippen molar-refractivity contribution in [1.29, 1.82) is 0 Å². The molecule has 5 nitrogen and oxygen atoms in total. The van der Waals surface area contributed by atoms with E-state index in [9.17, 15) is 4.79 Å². The molecule has 3 rings (SSSR count). The predicted molar refractivity (Wildman–Crippen MR) is 79.7 cm³/mol. The smallest absolute Gasteiger partial charge is 0.237 e. The fraction of sp³-hybridized carbons (Fsp3) is 0.562. The van der Waals surface area contributed by atoms with E-state index in [2.05, 4.69) is 23.6 Å². The Morgan fingerprint density at radius 2 is 2.33 bits per heavy atom. The van der Waals surface area contributed by atoms with Gasteiger partial charge in [-0.25, -0.2) is 0 Å². The average Bonchev–Trinajstić information content (AvgIpc) is 2.84. The van der Waals surface area contributed by atoms with Gasteiger partial charge in [0.05, 0.1) is 13.2 Å². The fourth-order valence-corrected chi connectivity index (χ4v) is 3.01. The van der Waals surface area contributed by atoms with Crippen molar-refractivity contribution in [2.75, 3.05) is 13.7 Å². The summed E-state index contributed by atoms with van der Waals surface area (Å²) in [5.74, 6) is 1.88. The van der Waals surface area contributed by atoms with Gasteiger partial charge in [-0.2, -0.15) is 0 Å². The molecule has 0 bridgehead atoms. The van der Waals surface area contributed by atoms with Crippen LogP contribution in [-0.2, 0) is 17.8 Å². The van der Waals surface area contributed by atoms with Crippen LogP contribution in [0.2, 0.25) is 0 Å². The van der Waals surface area contributed by atoms with Gasteiger partial charge >= 0.3 is 0 Å². The van der Waals surface area contributed by atoms with Crippen LogP contribution < -0.4 is 20.1 Å². The van der Waals surface area contributed by atoms with Gasteiger partial charge in [0.25, 0.3) is 0 Å². The highest BCUT2D eigenvalue weighted by Crippen LogP contribution is 2.35. The summed E-state index contributed by atoms with van der Waals surface area (Å²) in [5.41, 5.74) is 2.22. The minimum absolute atomic E-state index is 0.0891. The molecule has 2 unspecified atom stereocenters. The molecule has 1 fully saturated rings. The SMILES string of the molecule is COc1cc2c(cc1CNC1CCCNC1=O)OC(C)C2. The predicted octanol–water partition coefficient (Wildman–Crippen LogP) is 1.39. The maximum atomic E-state index is 11.8. The third-order valence-corrected chi connectivity index (χ3v) is 4.12. The van der Waals surface area contributed by atoms with Crippen LogP contribution in [-0.4, -0.2) is 31.7 Å². The Kier molecular flexibility index (Phi) is 4.01. The van der Waals surface area contributed by atoms with Crippen molar-refractivity contribution < 1.29 is 14.3 Å². The molecule has 0 aromatic heterocycles. The zero-order valence-corrected chi connectivity index (χ0v) is 12.6. The molecule has 5 heteroatoms. The molecule has 0 aliphatic carbocycles. The van der Waals surface area contributed by atoms with Crippen LogP contribution in [0.15, 0.2) is 12.1 Å². The number of nitrogens with one attached hydrogen (secondary N) is 2. The Morgan fingerprint density at radius 3 is 3.10 bits per heavy atom. The van der Waals surface area contributed by atoms with Crippen LogP contribution >= 0.6 is 0 Å². The lowest BCUT2D eigenvalue weighted by molar-refractivity contribution is -0.124. The van der Waals surface area contributed by atoms with E-state index in [1.54, 1.807) is 7.11 Å². The average molecular weight is 290 g/mol. The molecule has 2 atom stereocenters. The van der Waals surface area contributed by atoms with Gasteiger partial charge in [-0.15, -0.1) is 0 Å². The van der Waals surface area contributed by atoms with E-state index in [1.807, 2.05) is 6.07 Å². The topological polar surface area (TPSA) is 59.6 Å². The zero-order valence-electron chi connectivity index (χ0n) is 12.6. The monoisotopic (exact) mass is 290 g/mol. The van der Waals surface area contributed by atoms with Crippen LogP contribution in [0.5, 0.6) is 11.5 Å². The first kappa shape index (κ1) is 14.2. The van der Waals surface area contributed by atoms with Gasteiger partial charge in [-0.05, 0) is 31.9 Å². The lowest BCUT2D eigenvalue weighted by Gasteiger charge is -2.23. The summed E-state index contributed by atoms with van der Waals surface area (Å²) in [5, 5.41) is 6.20. The highest BCUT2D eigenvalue weighted by molar-refractivity contribution is 5.82. The summed E-state index contributed by atoms with van der Waals surface area (Å²) in [6.45, 7) is 3.45. The Hall–Kier alpha value is -1.75. The summed E-state index contributed by atoms with van der Waals surface area (Å²) >= 11 is 0. The van der Waals surface area contributed by atoms with E-state index in [-0.39, 0.29) is 18.1 Å². The number of benzene rings is 1. The molecule has 1 aromatic carbocycles. The van der Waals surface area contributed by atoms with Crippen LogP contribution in [0.1, 0.15) is 30.9 Å². The number of carbonyl (C=O) groups is 1. The molecule has 0 spiro atoms. The number of carbonyl (C=O) groups excluding carboxylic acids is 1. The Bertz CT molecular complexity index is 545. The maximum Gasteiger partial charge on any atom is 0.237 e. The van der Waals surface area contributed by atoms with Crippen LogP contribution in [0.4, 0.5) is 0 Å². The summed E-state index contributed by atoms with van der Waals surface area (Å²) in [6, 6.07) is 3.97.